The molecule has 2 nitrogen and oxygen atoms in total. The monoisotopic (exact) mass is 409 g/mol. The summed E-state index contributed by atoms with van der Waals surface area (Å²) < 4.78 is 6.06. The maximum Gasteiger partial charge on any atom is 0.227 e. The zero-order valence-electron chi connectivity index (χ0n) is 19.1. The van der Waals surface area contributed by atoms with Crippen LogP contribution in [0.2, 0.25) is 0 Å². The standard InChI is InChI=1S/C29H31NO/c1-28(2,3)20-29(4,5)24-17-18-26-25(19-24)30-27(31-26)23-15-13-22(14-16-23)12-11-21-9-7-6-8-10-21/h6-19H,20H2,1-5H3/b12-11+. The molecular weight excluding hydrogens is 378 g/mol. The third-order valence-corrected chi connectivity index (χ3v) is 5.57. The molecule has 0 atom stereocenters. The van der Waals surface area contributed by atoms with Gasteiger partial charge in [0, 0.05) is 5.56 Å². The minimum atomic E-state index is 0.0816. The number of hydrogen-bond acceptors (Lipinski definition) is 2. The van der Waals surface area contributed by atoms with E-state index in [2.05, 4.69) is 101 Å². The van der Waals surface area contributed by atoms with Crippen LogP contribution >= 0.6 is 0 Å². The summed E-state index contributed by atoms with van der Waals surface area (Å²) in [6.45, 7) is 11.5. The molecule has 158 valence electrons. The Morgan fingerprint density at radius 3 is 2.06 bits per heavy atom. The van der Waals surface area contributed by atoms with Crippen LogP contribution in [0.15, 0.2) is 77.2 Å². The summed E-state index contributed by atoms with van der Waals surface area (Å²) in [5.74, 6) is 0.666. The first-order chi connectivity index (χ1) is 14.7. The summed E-state index contributed by atoms with van der Waals surface area (Å²) in [4.78, 5) is 4.79. The van der Waals surface area contributed by atoms with Crippen molar-refractivity contribution in [2.75, 3.05) is 0 Å². The van der Waals surface area contributed by atoms with Gasteiger partial charge < -0.3 is 4.42 Å². The molecule has 4 rings (SSSR count). The minimum absolute atomic E-state index is 0.0816. The molecule has 2 heteroatoms. The average Bonchev–Trinajstić information content (AvgIpc) is 3.15. The lowest BCUT2D eigenvalue weighted by Gasteiger charge is -2.32. The lowest BCUT2D eigenvalue weighted by atomic mass is 9.72. The van der Waals surface area contributed by atoms with Gasteiger partial charge in [0.05, 0.1) is 0 Å². The van der Waals surface area contributed by atoms with Gasteiger partial charge in [0.15, 0.2) is 5.58 Å². The molecule has 0 saturated carbocycles. The van der Waals surface area contributed by atoms with Crippen LogP contribution in [0.3, 0.4) is 0 Å². The molecule has 0 spiro atoms. The van der Waals surface area contributed by atoms with Crippen LogP contribution in [0.5, 0.6) is 0 Å². The lowest BCUT2D eigenvalue weighted by molar-refractivity contribution is 0.284. The fourth-order valence-electron chi connectivity index (χ4n) is 4.39. The fraction of sp³-hybridized carbons (Fsp3) is 0.276. The van der Waals surface area contributed by atoms with E-state index in [9.17, 15) is 0 Å². The largest absolute Gasteiger partial charge is 0.436 e. The third kappa shape index (κ3) is 5.14. The second-order valence-electron chi connectivity index (χ2n) is 10.2. The zero-order valence-corrected chi connectivity index (χ0v) is 19.1. The van der Waals surface area contributed by atoms with Crippen molar-refractivity contribution in [3.8, 4) is 11.5 Å². The number of oxazole rings is 1. The molecule has 4 aromatic rings. The van der Waals surface area contributed by atoms with Gasteiger partial charge in [0.1, 0.15) is 5.52 Å². The van der Waals surface area contributed by atoms with Gasteiger partial charge in [-0.2, -0.15) is 0 Å². The molecule has 0 N–H and O–H groups in total. The Balaban J connectivity index is 1.56. The first-order valence-electron chi connectivity index (χ1n) is 10.9. The topological polar surface area (TPSA) is 26.0 Å². The minimum Gasteiger partial charge on any atom is -0.436 e. The molecule has 0 aliphatic heterocycles. The molecule has 1 heterocycles. The summed E-state index contributed by atoms with van der Waals surface area (Å²) >= 11 is 0. The SMILES string of the molecule is CC(C)(C)CC(C)(C)c1ccc2oc(-c3ccc(/C=C/c4ccccc4)cc3)nc2c1. The molecule has 0 radical (unpaired) electrons. The summed E-state index contributed by atoms with van der Waals surface area (Å²) in [5, 5.41) is 0. The average molecular weight is 410 g/mol. The van der Waals surface area contributed by atoms with Crippen LogP contribution < -0.4 is 0 Å². The molecule has 0 fully saturated rings. The van der Waals surface area contributed by atoms with E-state index in [0.29, 0.717) is 5.89 Å². The van der Waals surface area contributed by atoms with Crippen molar-refractivity contribution in [2.24, 2.45) is 5.41 Å². The predicted octanol–water partition coefficient (Wildman–Crippen LogP) is 8.38. The van der Waals surface area contributed by atoms with Crippen LogP contribution in [-0.2, 0) is 5.41 Å². The molecule has 0 aliphatic rings. The van der Waals surface area contributed by atoms with Crippen LogP contribution in [0, 0.1) is 5.41 Å². The van der Waals surface area contributed by atoms with Crippen molar-refractivity contribution in [1.29, 1.82) is 0 Å². The van der Waals surface area contributed by atoms with Gasteiger partial charge in [-0.15, -0.1) is 0 Å². The number of aromatic nitrogens is 1. The summed E-state index contributed by atoms with van der Waals surface area (Å²) in [5.41, 5.74) is 6.73. The van der Waals surface area contributed by atoms with Gasteiger partial charge in [-0.25, -0.2) is 4.98 Å². The van der Waals surface area contributed by atoms with Crippen LogP contribution in [0.25, 0.3) is 34.7 Å². The van der Waals surface area contributed by atoms with Gasteiger partial charge in [-0.05, 0) is 58.2 Å². The summed E-state index contributed by atoms with van der Waals surface area (Å²) in [6, 6.07) is 25.1. The number of benzene rings is 3. The first-order valence-corrected chi connectivity index (χ1v) is 10.9. The highest BCUT2D eigenvalue weighted by Gasteiger charge is 2.27. The molecule has 0 aliphatic carbocycles. The van der Waals surface area contributed by atoms with E-state index in [1.54, 1.807) is 0 Å². The van der Waals surface area contributed by atoms with Crippen molar-refractivity contribution < 1.29 is 4.42 Å². The Labute approximate surface area is 185 Å². The van der Waals surface area contributed by atoms with Gasteiger partial charge in [0.2, 0.25) is 5.89 Å². The Morgan fingerprint density at radius 1 is 0.774 bits per heavy atom. The smallest absolute Gasteiger partial charge is 0.227 e. The van der Waals surface area contributed by atoms with E-state index in [0.717, 1.165) is 28.6 Å². The van der Waals surface area contributed by atoms with E-state index in [1.807, 2.05) is 18.2 Å². The first kappa shape index (κ1) is 21.1. The fourth-order valence-corrected chi connectivity index (χ4v) is 4.39. The lowest BCUT2D eigenvalue weighted by Crippen LogP contribution is -2.24. The molecule has 3 aromatic carbocycles. The van der Waals surface area contributed by atoms with Crippen LogP contribution in [0.4, 0.5) is 0 Å². The number of fused-ring (bicyclic) bond motifs is 1. The van der Waals surface area contributed by atoms with Gasteiger partial charge in [-0.1, -0.05) is 95.3 Å². The van der Waals surface area contributed by atoms with Crippen molar-refractivity contribution in [1.82, 2.24) is 4.98 Å². The Morgan fingerprint density at radius 2 is 1.42 bits per heavy atom. The Bertz CT molecular complexity index is 1190. The summed E-state index contributed by atoms with van der Waals surface area (Å²) in [6.07, 6.45) is 5.35. The normalized spacial score (nSPS) is 12.7. The third-order valence-electron chi connectivity index (χ3n) is 5.57. The Hall–Kier alpha value is -3.13. The predicted molar refractivity (Wildman–Crippen MR) is 132 cm³/mol. The van der Waals surface area contributed by atoms with Gasteiger partial charge in [-0.3, -0.25) is 0 Å². The number of hydrogen-bond donors (Lipinski definition) is 0. The molecule has 31 heavy (non-hydrogen) atoms. The maximum absolute atomic E-state index is 6.06. The van der Waals surface area contributed by atoms with E-state index >= 15 is 0 Å². The van der Waals surface area contributed by atoms with Gasteiger partial charge >= 0.3 is 0 Å². The molecule has 0 unspecified atom stereocenters. The second-order valence-corrected chi connectivity index (χ2v) is 10.2. The molecule has 1 aromatic heterocycles. The van der Waals surface area contributed by atoms with Crippen LogP contribution in [-0.4, -0.2) is 4.98 Å². The highest BCUT2D eigenvalue weighted by molar-refractivity contribution is 5.78. The molecule has 0 saturated heterocycles. The molecule has 0 bridgehead atoms. The highest BCUT2D eigenvalue weighted by atomic mass is 16.3. The maximum atomic E-state index is 6.06. The Kier molecular flexibility index (Phi) is 5.58. The van der Waals surface area contributed by atoms with Gasteiger partial charge in [0.25, 0.3) is 0 Å². The molecular formula is C29H31NO. The second kappa shape index (κ2) is 8.19. The number of nitrogens with zero attached hydrogens (tertiary/aromatic N) is 1. The van der Waals surface area contributed by atoms with Crippen molar-refractivity contribution in [3.63, 3.8) is 0 Å². The molecule has 0 amide bonds. The number of rotatable bonds is 5. The van der Waals surface area contributed by atoms with Crippen molar-refractivity contribution in [3.05, 3.63) is 89.5 Å². The van der Waals surface area contributed by atoms with Crippen LogP contribution in [0.1, 0.15) is 57.7 Å². The van der Waals surface area contributed by atoms with Crippen molar-refractivity contribution >= 4 is 23.3 Å². The van der Waals surface area contributed by atoms with E-state index < -0.39 is 0 Å². The van der Waals surface area contributed by atoms with Crippen molar-refractivity contribution in [2.45, 2.75) is 46.5 Å². The zero-order chi connectivity index (χ0) is 22.1. The van der Waals surface area contributed by atoms with E-state index in [4.69, 9.17) is 9.40 Å². The quantitative estimate of drug-likeness (QED) is 0.309. The van der Waals surface area contributed by atoms with E-state index in [-0.39, 0.29) is 10.8 Å². The summed E-state index contributed by atoms with van der Waals surface area (Å²) in [7, 11) is 0. The highest BCUT2D eigenvalue weighted by Crippen LogP contribution is 2.37. The van der Waals surface area contributed by atoms with E-state index in [1.165, 1.54) is 11.1 Å².